The minimum absolute atomic E-state index is 0.0461. The highest BCUT2D eigenvalue weighted by Crippen LogP contribution is 2.38. The number of benzene rings is 3. The van der Waals surface area contributed by atoms with Crippen molar-refractivity contribution in [2.45, 2.75) is 0 Å². The SMILES string of the molecule is COc1cccc(C=CC(=O)Nc2ccc(C=Cc3cc(OC)c(OC)c(OC)c3)cc2O)c1. The molecule has 0 unspecified atom stereocenters. The van der Waals surface area contributed by atoms with Gasteiger partial charge in [-0.1, -0.05) is 30.4 Å². The van der Waals surface area contributed by atoms with Crippen LogP contribution < -0.4 is 24.3 Å². The second-order valence-electron chi connectivity index (χ2n) is 7.17. The molecular formula is C27H27NO6. The predicted molar refractivity (Wildman–Crippen MR) is 134 cm³/mol. The van der Waals surface area contributed by atoms with Crippen molar-refractivity contribution in [1.82, 2.24) is 0 Å². The van der Waals surface area contributed by atoms with Gasteiger partial charge in [-0.25, -0.2) is 0 Å². The molecule has 0 spiro atoms. The number of aromatic hydroxyl groups is 1. The summed E-state index contributed by atoms with van der Waals surface area (Å²) in [6.07, 6.45) is 6.75. The van der Waals surface area contributed by atoms with Crippen molar-refractivity contribution in [2.75, 3.05) is 33.8 Å². The molecule has 0 atom stereocenters. The topological polar surface area (TPSA) is 86.3 Å². The Morgan fingerprint density at radius 3 is 2.06 bits per heavy atom. The molecule has 0 saturated carbocycles. The number of phenols is 1. The summed E-state index contributed by atoms with van der Waals surface area (Å²) in [6.45, 7) is 0. The van der Waals surface area contributed by atoms with Crippen molar-refractivity contribution in [2.24, 2.45) is 0 Å². The predicted octanol–water partition coefficient (Wildman–Crippen LogP) is 5.25. The van der Waals surface area contributed by atoms with Gasteiger partial charge in [0.2, 0.25) is 11.7 Å². The van der Waals surface area contributed by atoms with Crippen LogP contribution >= 0.6 is 0 Å². The van der Waals surface area contributed by atoms with E-state index in [0.29, 0.717) is 28.7 Å². The lowest BCUT2D eigenvalue weighted by Crippen LogP contribution is -2.07. The zero-order chi connectivity index (χ0) is 24.5. The van der Waals surface area contributed by atoms with E-state index in [1.165, 1.54) is 6.08 Å². The fraction of sp³-hybridized carbons (Fsp3) is 0.148. The maximum Gasteiger partial charge on any atom is 0.248 e. The van der Waals surface area contributed by atoms with E-state index in [1.54, 1.807) is 52.7 Å². The average Bonchev–Trinajstić information content (AvgIpc) is 2.87. The molecule has 2 N–H and O–H groups in total. The van der Waals surface area contributed by atoms with Crippen molar-refractivity contribution in [1.29, 1.82) is 0 Å². The van der Waals surface area contributed by atoms with Crippen molar-refractivity contribution in [3.05, 3.63) is 77.4 Å². The maximum atomic E-state index is 12.3. The summed E-state index contributed by atoms with van der Waals surface area (Å²) in [7, 11) is 6.25. The largest absolute Gasteiger partial charge is 0.506 e. The summed E-state index contributed by atoms with van der Waals surface area (Å²) in [5.41, 5.74) is 2.71. The highest BCUT2D eigenvalue weighted by atomic mass is 16.5. The van der Waals surface area contributed by atoms with Crippen LogP contribution in [0, 0.1) is 0 Å². The van der Waals surface area contributed by atoms with Crippen LogP contribution in [-0.4, -0.2) is 39.5 Å². The summed E-state index contributed by atoms with van der Waals surface area (Å²) in [4.78, 5) is 12.3. The Balaban J connectivity index is 1.71. The number of amides is 1. The number of hydrogen-bond donors (Lipinski definition) is 2. The Bertz CT molecular complexity index is 1190. The van der Waals surface area contributed by atoms with E-state index in [2.05, 4.69) is 5.32 Å². The molecule has 3 aromatic rings. The summed E-state index contributed by atoms with van der Waals surface area (Å²) in [5, 5.41) is 13.1. The van der Waals surface area contributed by atoms with E-state index in [9.17, 15) is 9.90 Å². The van der Waals surface area contributed by atoms with Crippen molar-refractivity contribution in [3.8, 4) is 28.7 Å². The standard InChI is InChI=1S/C27H27NO6/c1-31-21-7-5-6-18(14-21)11-13-26(30)28-22-12-10-19(15-23(22)29)8-9-20-16-24(32-2)27(34-4)25(17-20)33-3/h5-17,29H,1-4H3,(H,28,30). The Hall–Kier alpha value is -4.39. The second kappa shape index (κ2) is 11.5. The number of hydrogen-bond acceptors (Lipinski definition) is 6. The minimum Gasteiger partial charge on any atom is -0.506 e. The highest BCUT2D eigenvalue weighted by Gasteiger charge is 2.12. The Labute approximate surface area is 198 Å². The molecule has 0 aliphatic rings. The number of carbonyl (C=O) groups excluding carboxylic acids is 1. The summed E-state index contributed by atoms with van der Waals surface area (Å²) < 4.78 is 21.3. The molecule has 34 heavy (non-hydrogen) atoms. The van der Waals surface area contributed by atoms with E-state index >= 15 is 0 Å². The number of ether oxygens (including phenoxy) is 4. The molecular weight excluding hydrogens is 434 g/mol. The summed E-state index contributed by atoms with van der Waals surface area (Å²) in [6, 6.07) is 16.0. The maximum absolute atomic E-state index is 12.3. The molecule has 7 heteroatoms. The Kier molecular flexibility index (Phi) is 8.18. The van der Waals surface area contributed by atoms with Crippen molar-refractivity contribution < 1.29 is 28.8 Å². The Morgan fingerprint density at radius 2 is 1.44 bits per heavy atom. The number of anilines is 1. The smallest absolute Gasteiger partial charge is 0.248 e. The lowest BCUT2D eigenvalue weighted by Gasteiger charge is -2.12. The van der Waals surface area contributed by atoms with Crippen LogP contribution in [0.25, 0.3) is 18.2 Å². The zero-order valence-corrected chi connectivity index (χ0v) is 19.5. The van der Waals surface area contributed by atoms with E-state index in [4.69, 9.17) is 18.9 Å². The van der Waals surface area contributed by atoms with Gasteiger partial charge in [-0.15, -0.1) is 0 Å². The molecule has 0 saturated heterocycles. The molecule has 176 valence electrons. The third-order valence-electron chi connectivity index (χ3n) is 4.96. The van der Waals surface area contributed by atoms with Crippen molar-refractivity contribution >= 4 is 29.8 Å². The molecule has 0 aromatic heterocycles. The zero-order valence-electron chi connectivity index (χ0n) is 19.5. The monoisotopic (exact) mass is 461 g/mol. The van der Waals surface area contributed by atoms with Crippen LogP contribution in [0.15, 0.2) is 60.7 Å². The number of carbonyl (C=O) groups is 1. The van der Waals surface area contributed by atoms with Gasteiger partial charge in [0.15, 0.2) is 11.5 Å². The first-order valence-electron chi connectivity index (χ1n) is 10.4. The van der Waals surface area contributed by atoms with Gasteiger partial charge in [0.25, 0.3) is 0 Å². The van der Waals surface area contributed by atoms with Gasteiger partial charge in [-0.3, -0.25) is 4.79 Å². The molecule has 0 heterocycles. The van der Waals surface area contributed by atoms with Gasteiger partial charge in [0.1, 0.15) is 11.5 Å². The lowest BCUT2D eigenvalue weighted by atomic mass is 10.1. The molecule has 0 fully saturated rings. The molecule has 7 nitrogen and oxygen atoms in total. The van der Waals surface area contributed by atoms with E-state index in [1.807, 2.05) is 48.6 Å². The van der Waals surface area contributed by atoms with Gasteiger partial charge in [0, 0.05) is 6.08 Å². The quantitative estimate of drug-likeness (QED) is 0.257. The van der Waals surface area contributed by atoms with Crippen LogP contribution in [0.4, 0.5) is 5.69 Å². The van der Waals surface area contributed by atoms with Gasteiger partial charge in [-0.05, 0) is 59.2 Å². The molecule has 3 rings (SSSR count). The highest BCUT2D eigenvalue weighted by molar-refractivity contribution is 6.02. The van der Waals surface area contributed by atoms with E-state index in [-0.39, 0.29) is 11.7 Å². The molecule has 3 aromatic carbocycles. The van der Waals surface area contributed by atoms with E-state index < -0.39 is 0 Å². The summed E-state index contributed by atoms with van der Waals surface area (Å²) in [5.74, 6) is 1.90. The first-order chi connectivity index (χ1) is 16.5. The van der Waals surface area contributed by atoms with Crippen LogP contribution in [0.2, 0.25) is 0 Å². The molecule has 0 radical (unpaired) electrons. The normalized spacial score (nSPS) is 10.9. The molecule has 0 bridgehead atoms. The average molecular weight is 462 g/mol. The number of nitrogens with one attached hydrogen (secondary N) is 1. The third-order valence-corrected chi connectivity index (χ3v) is 4.96. The van der Waals surface area contributed by atoms with E-state index in [0.717, 1.165) is 16.7 Å². The van der Waals surface area contributed by atoms with Crippen LogP contribution in [-0.2, 0) is 4.79 Å². The van der Waals surface area contributed by atoms with Gasteiger partial charge < -0.3 is 29.4 Å². The lowest BCUT2D eigenvalue weighted by molar-refractivity contribution is -0.111. The number of phenolic OH excluding ortho intramolecular Hbond substituents is 1. The number of rotatable bonds is 9. The van der Waals surface area contributed by atoms with Crippen LogP contribution in [0.1, 0.15) is 16.7 Å². The van der Waals surface area contributed by atoms with Crippen LogP contribution in [0.3, 0.4) is 0 Å². The first kappa shape index (κ1) is 24.3. The minimum atomic E-state index is -0.362. The van der Waals surface area contributed by atoms with Crippen LogP contribution in [0.5, 0.6) is 28.7 Å². The summed E-state index contributed by atoms with van der Waals surface area (Å²) >= 11 is 0. The third kappa shape index (κ3) is 6.10. The van der Waals surface area contributed by atoms with Gasteiger partial charge in [-0.2, -0.15) is 0 Å². The van der Waals surface area contributed by atoms with Gasteiger partial charge >= 0.3 is 0 Å². The fourth-order valence-corrected chi connectivity index (χ4v) is 3.24. The molecule has 0 aliphatic carbocycles. The molecule has 0 aliphatic heterocycles. The number of methoxy groups -OCH3 is 4. The first-order valence-corrected chi connectivity index (χ1v) is 10.4. The molecule has 1 amide bonds. The second-order valence-corrected chi connectivity index (χ2v) is 7.17. The van der Waals surface area contributed by atoms with Gasteiger partial charge in [0.05, 0.1) is 34.1 Å². The Morgan fingerprint density at radius 1 is 0.765 bits per heavy atom. The van der Waals surface area contributed by atoms with Crippen molar-refractivity contribution in [3.63, 3.8) is 0 Å². The fourth-order valence-electron chi connectivity index (χ4n) is 3.24.